The molecule has 1 atom stereocenters. The lowest BCUT2D eigenvalue weighted by molar-refractivity contribution is 0.0969. The van der Waals surface area contributed by atoms with Crippen molar-refractivity contribution in [1.82, 2.24) is 29.4 Å². The minimum absolute atomic E-state index is 0.0613. The number of rotatable bonds is 4. The summed E-state index contributed by atoms with van der Waals surface area (Å²) in [5, 5.41) is 2.87. The molecule has 0 unspecified atom stereocenters. The predicted molar refractivity (Wildman–Crippen MR) is 95.3 cm³/mol. The number of piperazine rings is 1. The topological polar surface area (TPSA) is 69.5 Å². The first-order chi connectivity index (χ1) is 12.2. The average molecular weight is 338 g/mol. The summed E-state index contributed by atoms with van der Waals surface area (Å²) < 4.78 is 1.46. The molecule has 3 aromatic rings. The van der Waals surface area contributed by atoms with Gasteiger partial charge in [-0.3, -0.25) is 24.7 Å². The fourth-order valence-corrected chi connectivity index (χ4v) is 3.43. The van der Waals surface area contributed by atoms with E-state index in [9.17, 15) is 4.79 Å². The molecular formula is C18H22N6O. The van der Waals surface area contributed by atoms with Gasteiger partial charge in [0.05, 0.1) is 5.69 Å². The van der Waals surface area contributed by atoms with E-state index in [0.29, 0.717) is 18.2 Å². The van der Waals surface area contributed by atoms with Gasteiger partial charge in [0, 0.05) is 69.5 Å². The van der Waals surface area contributed by atoms with Gasteiger partial charge in [-0.1, -0.05) is 6.07 Å². The van der Waals surface area contributed by atoms with Crippen molar-refractivity contribution < 1.29 is 0 Å². The molecule has 25 heavy (non-hydrogen) atoms. The van der Waals surface area contributed by atoms with E-state index >= 15 is 0 Å². The van der Waals surface area contributed by atoms with Crippen LogP contribution in [0.5, 0.6) is 0 Å². The van der Waals surface area contributed by atoms with Crippen molar-refractivity contribution in [2.45, 2.75) is 19.5 Å². The fourth-order valence-electron chi connectivity index (χ4n) is 3.43. The van der Waals surface area contributed by atoms with Crippen molar-refractivity contribution in [3.63, 3.8) is 0 Å². The Morgan fingerprint density at radius 1 is 1.24 bits per heavy atom. The first-order valence-electron chi connectivity index (χ1n) is 8.63. The van der Waals surface area contributed by atoms with Crippen molar-refractivity contribution in [2.24, 2.45) is 0 Å². The molecule has 0 amide bonds. The Labute approximate surface area is 145 Å². The second kappa shape index (κ2) is 6.78. The highest BCUT2D eigenvalue weighted by Gasteiger charge is 2.22. The second-order valence-electron chi connectivity index (χ2n) is 6.52. The number of hydrogen-bond acceptors (Lipinski definition) is 5. The number of fused-ring (bicyclic) bond motifs is 1. The maximum Gasteiger partial charge on any atom is 0.272 e. The Hall–Kier alpha value is -2.51. The first-order valence-corrected chi connectivity index (χ1v) is 8.63. The van der Waals surface area contributed by atoms with E-state index in [-0.39, 0.29) is 5.56 Å². The maximum absolute atomic E-state index is 12.1. The third-order valence-corrected chi connectivity index (χ3v) is 4.94. The smallest absolute Gasteiger partial charge is 0.272 e. The van der Waals surface area contributed by atoms with E-state index in [1.54, 1.807) is 12.3 Å². The first kappa shape index (κ1) is 16.0. The number of pyridine rings is 1. The van der Waals surface area contributed by atoms with Gasteiger partial charge in [-0.2, -0.15) is 0 Å². The summed E-state index contributed by atoms with van der Waals surface area (Å²) in [4.78, 5) is 25.7. The number of H-pyrrole nitrogens is 1. The molecule has 0 saturated carbocycles. The largest absolute Gasteiger partial charge is 0.297 e. The monoisotopic (exact) mass is 338 g/mol. The molecule has 0 radical (unpaired) electrons. The zero-order valence-corrected chi connectivity index (χ0v) is 14.3. The molecule has 7 nitrogen and oxygen atoms in total. The van der Waals surface area contributed by atoms with Gasteiger partial charge in [-0.15, -0.1) is 0 Å². The molecule has 0 aliphatic carbocycles. The number of aromatic amines is 1. The van der Waals surface area contributed by atoms with Crippen LogP contribution in [0.2, 0.25) is 0 Å². The molecule has 7 heteroatoms. The normalized spacial score (nSPS) is 17.8. The van der Waals surface area contributed by atoms with Crippen molar-refractivity contribution >= 4 is 5.65 Å². The zero-order chi connectivity index (χ0) is 17.2. The van der Waals surface area contributed by atoms with Gasteiger partial charge in [0.1, 0.15) is 0 Å². The van der Waals surface area contributed by atoms with Crippen LogP contribution in [-0.2, 0) is 6.54 Å². The van der Waals surface area contributed by atoms with Gasteiger partial charge in [0.15, 0.2) is 5.65 Å². The van der Waals surface area contributed by atoms with E-state index < -0.39 is 0 Å². The lowest BCUT2D eigenvalue weighted by atomic mass is 10.1. The van der Waals surface area contributed by atoms with Gasteiger partial charge in [0.25, 0.3) is 5.56 Å². The van der Waals surface area contributed by atoms with Crippen LogP contribution in [0.25, 0.3) is 5.65 Å². The molecular weight excluding hydrogens is 316 g/mol. The lowest BCUT2D eigenvalue weighted by Gasteiger charge is -2.38. The SMILES string of the molecule is C[C@@H](c1cccnc1)N1CCN(Cc2cc(=O)n3[nH]ccc3n2)CC1. The summed E-state index contributed by atoms with van der Waals surface area (Å²) in [5.74, 6) is 0. The molecule has 1 aliphatic heterocycles. The summed E-state index contributed by atoms with van der Waals surface area (Å²) in [6.45, 7) is 6.89. The fraction of sp³-hybridized carbons (Fsp3) is 0.389. The van der Waals surface area contributed by atoms with E-state index in [0.717, 1.165) is 31.9 Å². The Kier molecular flexibility index (Phi) is 4.33. The molecule has 1 aliphatic rings. The highest BCUT2D eigenvalue weighted by molar-refractivity contribution is 5.36. The Morgan fingerprint density at radius 3 is 2.84 bits per heavy atom. The van der Waals surface area contributed by atoms with E-state index in [1.165, 1.54) is 10.1 Å². The maximum atomic E-state index is 12.1. The van der Waals surface area contributed by atoms with Crippen LogP contribution in [0.15, 0.2) is 47.7 Å². The molecule has 0 bridgehead atoms. The minimum Gasteiger partial charge on any atom is -0.297 e. The zero-order valence-electron chi connectivity index (χ0n) is 14.3. The Bertz CT molecular complexity index is 895. The number of hydrogen-bond donors (Lipinski definition) is 1. The molecule has 130 valence electrons. The van der Waals surface area contributed by atoms with E-state index in [4.69, 9.17) is 0 Å². The van der Waals surface area contributed by atoms with Crippen LogP contribution in [0.4, 0.5) is 0 Å². The summed E-state index contributed by atoms with van der Waals surface area (Å²) in [6, 6.07) is 7.93. The van der Waals surface area contributed by atoms with Gasteiger partial charge in [-0.25, -0.2) is 9.50 Å². The third kappa shape index (κ3) is 3.33. The van der Waals surface area contributed by atoms with Gasteiger partial charge in [0.2, 0.25) is 0 Å². The third-order valence-electron chi connectivity index (χ3n) is 4.94. The second-order valence-corrected chi connectivity index (χ2v) is 6.52. The van der Waals surface area contributed by atoms with Crippen LogP contribution in [0.3, 0.4) is 0 Å². The number of nitrogens with one attached hydrogen (secondary N) is 1. The number of aromatic nitrogens is 4. The summed E-state index contributed by atoms with van der Waals surface area (Å²) in [7, 11) is 0. The van der Waals surface area contributed by atoms with Gasteiger partial charge >= 0.3 is 0 Å². The highest BCUT2D eigenvalue weighted by Crippen LogP contribution is 2.21. The standard InChI is InChI=1S/C18H22N6O/c1-14(15-3-2-5-19-12-15)23-9-7-22(8-10-23)13-16-11-18(25)24-17(21-16)4-6-20-24/h2-6,11-12,14,20H,7-10,13H2,1H3/t14-/m0/s1. The summed E-state index contributed by atoms with van der Waals surface area (Å²) >= 11 is 0. The summed E-state index contributed by atoms with van der Waals surface area (Å²) in [6.07, 6.45) is 5.48. The molecule has 1 fully saturated rings. The van der Waals surface area contributed by atoms with Crippen LogP contribution < -0.4 is 5.56 Å². The highest BCUT2D eigenvalue weighted by atomic mass is 16.1. The molecule has 0 aromatic carbocycles. The van der Waals surface area contributed by atoms with Crippen LogP contribution in [-0.4, -0.2) is 55.6 Å². The van der Waals surface area contributed by atoms with Gasteiger partial charge < -0.3 is 0 Å². The molecule has 3 aromatic heterocycles. The van der Waals surface area contributed by atoms with Crippen LogP contribution >= 0.6 is 0 Å². The molecule has 4 rings (SSSR count). The molecule has 1 N–H and O–H groups in total. The van der Waals surface area contributed by atoms with Crippen molar-refractivity contribution in [1.29, 1.82) is 0 Å². The van der Waals surface area contributed by atoms with Crippen LogP contribution in [0.1, 0.15) is 24.2 Å². The van der Waals surface area contributed by atoms with Crippen molar-refractivity contribution in [3.8, 4) is 0 Å². The quantitative estimate of drug-likeness (QED) is 0.776. The number of nitrogens with zero attached hydrogens (tertiary/aromatic N) is 5. The Morgan fingerprint density at radius 2 is 2.08 bits per heavy atom. The molecule has 0 spiro atoms. The summed E-state index contributed by atoms with van der Waals surface area (Å²) in [5.41, 5.74) is 2.70. The Balaban J connectivity index is 1.39. The minimum atomic E-state index is -0.0613. The van der Waals surface area contributed by atoms with E-state index in [1.807, 2.05) is 24.5 Å². The molecule has 4 heterocycles. The van der Waals surface area contributed by atoms with E-state index in [2.05, 4.69) is 37.9 Å². The van der Waals surface area contributed by atoms with Crippen molar-refractivity contribution in [3.05, 3.63) is 64.5 Å². The lowest BCUT2D eigenvalue weighted by Crippen LogP contribution is -2.46. The molecule has 1 saturated heterocycles. The average Bonchev–Trinajstić information content (AvgIpc) is 3.12. The van der Waals surface area contributed by atoms with Gasteiger partial charge in [-0.05, 0) is 18.6 Å². The van der Waals surface area contributed by atoms with Crippen LogP contribution in [0, 0.1) is 0 Å². The van der Waals surface area contributed by atoms with Crippen molar-refractivity contribution in [2.75, 3.05) is 26.2 Å². The predicted octanol–water partition coefficient (Wildman–Crippen LogP) is 1.30.